The summed E-state index contributed by atoms with van der Waals surface area (Å²) in [5.74, 6) is -0.0877. The molecule has 0 aliphatic heterocycles. The van der Waals surface area contributed by atoms with E-state index in [1.165, 1.54) is 24.3 Å². The van der Waals surface area contributed by atoms with Crippen LogP contribution in [0.5, 0.6) is 23.0 Å². The Kier molecular flexibility index (Phi) is 45.2. The molecule has 0 aliphatic carbocycles. The molecule has 4 aromatic rings. The Labute approximate surface area is 358 Å². The Morgan fingerprint density at radius 1 is 0.377 bits per heavy atom. The minimum absolute atomic E-state index is 0. The molecule has 11 nitrogen and oxygen atoms in total. The van der Waals surface area contributed by atoms with Crippen LogP contribution in [0, 0.1) is 0 Å². The molecule has 0 amide bonds. The molecule has 0 unspecified atom stereocenters. The van der Waals surface area contributed by atoms with Crippen LogP contribution in [0.2, 0.25) is 0 Å². The Hall–Kier alpha value is -2.88. The maximum Gasteiger partial charge on any atom is 0.0967 e. The molecular formula is C36H36Cl4N4O7Re2-10. The van der Waals surface area contributed by atoms with E-state index >= 15 is 0 Å². The average molecular weight is 1150 g/mol. The number of halogens is 4. The van der Waals surface area contributed by atoms with Crippen LogP contribution < -0.4 is 20.4 Å². The zero-order chi connectivity index (χ0) is 35.2. The standard InChI is InChI=1S/2C17H18N2O2.2CH2Cl2.3O.2Re/c2*20-16-8-3-1-6-14(16)12-18-10-5-11-19-13-15-7-2-4-9-17(15)21;2*2-1-3;;;;;/h2*1-4,6-9,12-13,20-21H,5,10-11H2;2*1H2;;;;;/q;;;;3*-2;;/p-4. The molecule has 0 aromatic heterocycles. The van der Waals surface area contributed by atoms with Gasteiger partial charge in [-0.1, -0.05) is 97.1 Å². The van der Waals surface area contributed by atoms with Gasteiger partial charge in [0, 0.05) is 91.9 Å². The fourth-order valence-electron chi connectivity index (χ4n) is 3.51. The number of rotatable bonds is 12. The van der Waals surface area contributed by atoms with E-state index in [4.69, 9.17) is 46.4 Å². The van der Waals surface area contributed by atoms with Gasteiger partial charge in [0.25, 0.3) is 0 Å². The maximum atomic E-state index is 11.4. The molecule has 0 atom stereocenters. The first-order chi connectivity index (χ1) is 23.4. The molecule has 0 spiro atoms. The predicted octanol–water partition coefficient (Wildman–Crippen LogP) is 6.01. The van der Waals surface area contributed by atoms with Gasteiger partial charge in [-0.3, -0.25) is 20.0 Å². The van der Waals surface area contributed by atoms with Gasteiger partial charge in [-0.2, -0.15) is 0 Å². The van der Waals surface area contributed by atoms with Crippen molar-refractivity contribution in [1.29, 1.82) is 0 Å². The van der Waals surface area contributed by atoms with Gasteiger partial charge in [0.15, 0.2) is 0 Å². The second-order valence-electron chi connectivity index (χ2n) is 9.20. The Balaban J connectivity index is -0.000000233. The Bertz CT molecular complexity index is 1350. The van der Waals surface area contributed by atoms with Crippen molar-refractivity contribution in [3.63, 3.8) is 0 Å². The van der Waals surface area contributed by atoms with Gasteiger partial charge < -0.3 is 36.9 Å². The van der Waals surface area contributed by atoms with E-state index in [1.54, 1.807) is 73.4 Å². The summed E-state index contributed by atoms with van der Waals surface area (Å²) >= 11 is 19.1. The summed E-state index contributed by atoms with van der Waals surface area (Å²) in [6, 6.07) is 27.2. The molecule has 53 heavy (non-hydrogen) atoms. The molecule has 2 radical (unpaired) electrons. The normalized spacial score (nSPS) is 9.74. The summed E-state index contributed by atoms with van der Waals surface area (Å²) in [6.07, 6.45) is 7.93. The van der Waals surface area contributed by atoms with Crippen LogP contribution >= 0.6 is 46.4 Å². The largest absolute Gasteiger partial charge is 2.00 e. The van der Waals surface area contributed by atoms with Crippen LogP contribution in [0.1, 0.15) is 35.1 Å². The summed E-state index contributed by atoms with van der Waals surface area (Å²) in [5.41, 5.74) is 2.39. The maximum absolute atomic E-state index is 11.4. The van der Waals surface area contributed by atoms with E-state index in [0.29, 0.717) is 48.4 Å². The van der Waals surface area contributed by atoms with Gasteiger partial charge in [-0.15, -0.1) is 69.4 Å². The Morgan fingerprint density at radius 2 is 0.547 bits per heavy atom. The summed E-state index contributed by atoms with van der Waals surface area (Å²) in [6.45, 7) is 2.41. The fourth-order valence-corrected chi connectivity index (χ4v) is 3.51. The number of benzene rings is 4. The number of alkyl halides is 4. The molecule has 0 fully saturated rings. The fraction of sp³-hybridized carbons (Fsp3) is 0.222. The molecule has 17 heteroatoms. The molecule has 0 N–H and O–H groups in total. The van der Waals surface area contributed by atoms with Gasteiger partial charge in [0.05, 0.1) is 10.7 Å². The van der Waals surface area contributed by atoms with Crippen molar-refractivity contribution in [3.05, 3.63) is 119 Å². The molecule has 0 saturated carbocycles. The first-order valence-electron chi connectivity index (χ1n) is 14.6. The third kappa shape index (κ3) is 29.2. The SMILES string of the molecule is ClCCl.ClCCl.[O-2].[O-2].[O-2].[O-]c1ccccc1C=NCCCN=Cc1ccccc1[O-].[O-]c1ccccc1C=NCCCN=Cc1ccccc1[O-].[Re].[Re]. The number of aliphatic imine (C=N–C) groups is 4. The minimum Gasteiger partial charge on any atom is -2.00 e. The van der Waals surface area contributed by atoms with Crippen molar-refractivity contribution in [2.24, 2.45) is 20.0 Å². The number of hydrogen-bond donors (Lipinski definition) is 0. The van der Waals surface area contributed by atoms with Crippen LogP contribution in [0.15, 0.2) is 117 Å². The smallest absolute Gasteiger partial charge is 0.0967 e. The summed E-state index contributed by atoms with van der Waals surface area (Å²) in [4.78, 5) is 16.8. The topological polar surface area (TPSA) is 227 Å². The van der Waals surface area contributed by atoms with Crippen molar-refractivity contribution in [2.45, 2.75) is 12.8 Å². The first-order valence-corrected chi connectivity index (χ1v) is 16.8. The van der Waals surface area contributed by atoms with Crippen molar-refractivity contribution in [3.8, 4) is 23.0 Å². The summed E-state index contributed by atoms with van der Waals surface area (Å²) in [7, 11) is 0. The van der Waals surface area contributed by atoms with Crippen LogP contribution in [0.4, 0.5) is 0 Å². The second kappa shape index (κ2) is 40.3. The predicted molar refractivity (Wildman–Crippen MR) is 198 cm³/mol. The van der Waals surface area contributed by atoms with E-state index < -0.39 is 0 Å². The Morgan fingerprint density at radius 3 is 0.717 bits per heavy atom. The molecule has 0 saturated heterocycles. The number of nitrogens with zero attached hydrogens (tertiary/aromatic N) is 4. The molecular weight excluding hydrogens is 1110 g/mol. The minimum atomic E-state index is -0.0219. The molecule has 0 aliphatic rings. The van der Waals surface area contributed by atoms with Gasteiger partial charge >= 0.3 is 0 Å². The van der Waals surface area contributed by atoms with Gasteiger partial charge in [0.2, 0.25) is 0 Å². The van der Waals surface area contributed by atoms with Gasteiger partial charge in [-0.05, 0) is 35.1 Å². The quantitative estimate of drug-likeness (QED) is 0.0944. The number of para-hydroxylation sites is 4. The van der Waals surface area contributed by atoms with Crippen molar-refractivity contribution >= 4 is 71.3 Å². The molecule has 294 valence electrons. The average Bonchev–Trinajstić information content (AvgIpc) is 3.08. The summed E-state index contributed by atoms with van der Waals surface area (Å²) in [5, 5.41) is 46.1. The van der Waals surface area contributed by atoms with Gasteiger partial charge in [-0.25, -0.2) is 0 Å². The third-order valence-electron chi connectivity index (χ3n) is 5.75. The van der Waals surface area contributed by atoms with E-state index in [1.807, 2.05) is 24.3 Å². The molecule has 4 aromatic carbocycles. The second-order valence-corrected chi connectivity index (χ2v) is 10.8. The van der Waals surface area contributed by atoms with Crippen LogP contribution in [0.3, 0.4) is 0 Å². The van der Waals surface area contributed by atoms with Gasteiger partial charge in [0.1, 0.15) is 0 Å². The first kappa shape index (κ1) is 59.4. The van der Waals surface area contributed by atoms with E-state index in [-0.39, 0.29) is 91.0 Å². The van der Waals surface area contributed by atoms with Crippen molar-refractivity contribution < 1.29 is 77.7 Å². The van der Waals surface area contributed by atoms with Crippen LogP contribution in [-0.2, 0) is 57.3 Å². The number of hydrogen-bond acceptors (Lipinski definition) is 8. The van der Waals surface area contributed by atoms with Crippen molar-refractivity contribution in [1.82, 2.24) is 0 Å². The molecule has 0 bridgehead atoms. The zero-order valence-electron chi connectivity index (χ0n) is 28.1. The summed E-state index contributed by atoms with van der Waals surface area (Å²) < 4.78 is 0. The van der Waals surface area contributed by atoms with Crippen LogP contribution in [-0.4, -0.2) is 61.7 Å². The molecule has 0 heterocycles. The van der Waals surface area contributed by atoms with Crippen molar-refractivity contribution in [2.75, 3.05) is 36.9 Å². The van der Waals surface area contributed by atoms with E-state index in [0.717, 1.165) is 12.8 Å². The third-order valence-corrected chi connectivity index (χ3v) is 5.75. The van der Waals surface area contributed by atoms with E-state index in [9.17, 15) is 20.4 Å². The van der Waals surface area contributed by atoms with Crippen LogP contribution in [0.25, 0.3) is 0 Å². The molecule has 4 rings (SSSR count). The monoisotopic (exact) mass is 1150 g/mol. The zero-order valence-corrected chi connectivity index (χ0v) is 36.6. The van der Waals surface area contributed by atoms with E-state index in [2.05, 4.69) is 20.0 Å².